The first-order valence-electron chi connectivity index (χ1n) is 5.94. The molecule has 0 aliphatic heterocycles. The lowest BCUT2D eigenvalue weighted by atomic mass is 10.1. The van der Waals surface area contributed by atoms with Gasteiger partial charge in [-0.15, -0.1) is 0 Å². The molecule has 0 radical (unpaired) electrons. The minimum atomic E-state index is -4.41. The molecule has 108 valence electrons. The van der Waals surface area contributed by atoms with Crippen molar-refractivity contribution in [1.29, 1.82) is 0 Å². The number of nitrogens with one attached hydrogen (secondary N) is 1. The van der Waals surface area contributed by atoms with Crippen molar-refractivity contribution >= 4 is 5.69 Å². The molecule has 1 atom stereocenters. The van der Waals surface area contributed by atoms with Crippen LogP contribution >= 0.6 is 0 Å². The predicted molar refractivity (Wildman–Crippen MR) is 68.1 cm³/mol. The molecule has 0 saturated heterocycles. The number of rotatable bonds is 4. The van der Waals surface area contributed by atoms with Gasteiger partial charge in [0.25, 0.3) is 0 Å². The number of anilines is 1. The lowest BCUT2D eigenvalue weighted by Gasteiger charge is -2.14. The highest BCUT2D eigenvalue weighted by Gasteiger charge is 2.30. The molecule has 1 heterocycles. The molecular weight excluding hydrogens is 271 g/mol. The monoisotopic (exact) mass is 285 g/mol. The van der Waals surface area contributed by atoms with E-state index < -0.39 is 17.8 Å². The SMILES string of the molecule is Cn1cc(NCC(O)c2cccc(C(F)(F)F)c2)cn1. The molecule has 0 saturated carbocycles. The number of alkyl halides is 3. The van der Waals surface area contributed by atoms with Crippen LogP contribution in [0.2, 0.25) is 0 Å². The Kier molecular flexibility index (Phi) is 3.99. The summed E-state index contributed by atoms with van der Waals surface area (Å²) in [4.78, 5) is 0. The molecule has 20 heavy (non-hydrogen) atoms. The molecule has 7 heteroatoms. The highest BCUT2D eigenvalue weighted by atomic mass is 19.4. The van der Waals surface area contributed by atoms with Gasteiger partial charge in [0, 0.05) is 19.8 Å². The normalized spacial score (nSPS) is 13.2. The minimum Gasteiger partial charge on any atom is -0.387 e. The number of benzene rings is 1. The summed E-state index contributed by atoms with van der Waals surface area (Å²) in [5, 5.41) is 16.8. The Labute approximate surface area is 113 Å². The molecule has 1 unspecified atom stereocenters. The van der Waals surface area contributed by atoms with Crippen molar-refractivity contribution in [2.45, 2.75) is 12.3 Å². The number of hydrogen-bond acceptors (Lipinski definition) is 3. The van der Waals surface area contributed by atoms with E-state index in [4.69, 9.17) is 0 Å². The van der Waals surface area contributed by atoms with Gasteiger partial charge in [-0.05, 0) is 17.7 Å². The predicted octanol–water partition coefficient (Wildman–Crippen LogP) is 2.58. The fraction of sp³-hybridized carbons (Fsp3) is 0.308. The van der Waals surface area contributed by atoms with Gasteiger partial charge < -0.3 is 10.4 Å². The van der Waals surface area contributed by atoms with Gasteiger partial charge in [-0.1, -0.05) is 12.1 Å². The second-order valence-corrected chi connectivity index (χ2v) is 4.42. The van der Waals surface area contributed by atoms with E-state index in [2.05, 4.69) is 10.4 Å². The van der Waals surface area contributed by atoms with Gasteiger partial charge in [0.15, 0.2) is 0 Å². The summed E-state index contributed by atoms with van der Waals surface area (Å²) in [5.41, 5.74) is 0.144. The summed E-state index contributed by atoms with van der Waals surface area (Å²) < 4.78 is 39.3. The summed E-state index contributed by atoms with van der Waals surface area (Å²) in [6.45, 7) is 0.104. The topological polar surface area (TPSA) is 50.1 Å². The van der Waals surface area contributed by atoms with Crippen LogP contribution in [0.5, 0.6) is 0 Å². The Balaban J connectivity index is 2.03. The van der Waals surface area contributed by atoms with Gasteiger partial charge in [0.1, 0.15) is 0 Å². The highest BCUT2D eigenvalue weighted by Crippen LogP contribution is 2.30. The van der Waals surface area contributed by atoms with E-state index in [0.29, 0.717) is 5.69 Å². The zero-order valence-corrected chi connectivity index (χ0v) is 10.7. The van der Waals surface area contributed by atoms with Crippen LogP contribution in [0.15, 0.2) is 36.7 Å². The lowest BCUT2D eigenvalue weighted by Crippen LogP contribution is -2.13. The molecule has 1 aromatic heterocycles. The lowest BCUT2D eigenvalue weighted by molar-refractivity contribution is -0.137. The summed E-state index contributed by atoms with van der Waals surface area (Å²) in [7, 11) is 1.74. The summed E-state index contributed by atoms with van der Waals surface area (Å²) in [6, 6.07) is 4.68. The Bertz CT molecular complexity index is 580. The van der Waals surface area contributed by atoms with Crippen LogP contribution < -0.4 is 5.32 Å². The van der Waals surface area contributed by atoms with E-state index in [1.165, 1.54) is 12.1 Å². The van der Waals surface area contributed by atoms with Crippen LogP contribution in [0.1, 0.15) is 17.2 Å². The Morgan fingerprint density at radius 2 is 2.15 bits per heavy atom. The van der Waals surface area contributed by atoms with Gasteiger partial charge in [0.05, 0.1) is 23.6 Å². The fourth-order valence-electron chi connectivity index (χ4n) is 1.77. The first kappa shape index (κ1) is 14.4. The molecule has 0 bridgehead atoms. The zero-order valence-electron chi connectivity index (χ0n) is 10.7. The van der Waals surface area contributed by atoms with Crippen molar-refractivity contribution in [3.8, 4) is 0 Å². The number of hydrogen-bond donors (Lipinski definition) is 2. The van der Waals surface area contributed by atoms with Gasteiger partial charge in [0.2, 0.25) is 0 Å². The standard InChI is InChI=1S/C13H14F3N3O/c1-19-8-11(6-18-19)17-7-12(20)9-3-2-4-10(5-9)13(14,15)16/h2-6,8,12,17,20H,7H2,1H3. The van der Waals surface area contributed by atoms with Crippen molar-refractivity contribution < 1.29 is 18.3 Å². The number of aromatic nitrogens is 2. The van der Waals surface area contributed by atoms with E-state index in [1.54, 1.807) is 24.1 Å². The largest absolute Gasteiger partial charge is 0.416 e. The van der Waals surface area contributed by atoms with E-state index >= 15 is 0 Å². The second kappa shape index (κ2) is 5.54. The van der Waals surface area contributed by atoms with E-state index in [0.717, 1.165) is 12.1 Å². The molecule has 2 aromatic rings. The number of aliphatic hydroxyl groups is 1. The third kappa shape index (κ3) is 3.51. The van der Waals surface area contributed by atoms with Crippen LogP contribution in [-0.2, 0) is 13.2 Å². The zero-order chi connectivity index (χ0) is 14.8. The van der Waals surface area contributed by atoms with Gasteiger partial charge in [-0.3, -0.25) is 4.68 Å². The molecule has 0 aliphatic rings. The third-order valence-electron chi connectivity index (χ3n) is 2.80. The highest BCUT2D eigenvalue weighted by molar-refractivity contribution is 5.38. The molecule has 1 aromatic carbocycles. The number of aliphatic hydroxyl groups excluding tert-OH is 1. The van der Waals surface area contributed by atoms with Crippen LogP contribution in [0.4, 0.5) is 18.9 Å². The summed E-state index contributed by atoms with van der Waals surface area (Å²) in [5.74, 6) is 0. The molecule has 0 amide bonds. The van der Waals surface area contributed by atoms with Crippen LogP contribution in [0.3, 0.4) is 0 Å². The van der Waals surface area contributed by atoms with E-state index in [1.807, 2.05) is 0 Å². The fourth-order valence-corrected chi connectivity index (χ4v) is 1.77. The molecule has 2 N–H and O–H groups in total. The molecule has 4 nitrogen and oxygen atoms in total. The Hall–Kier alpha value is -2.02. The number of nitrogens with zero attached hydrogens (tertiary/aromatic N) is 2. The first-order valence-corrected chi connectivity index (χ1v) is 5.94. The van der Waals surface area contributed by atoms with E-state index in [9.17, 15) is 18.3 Å². The molecule has 0 spiro atoms. The average molecular weight is 285 g/mol. The Morgan fingerprint density at radius 1 is 1.40 bits per heavy atom. The third-order valence-corrected chi connectivity index (χ3v) is 2.80. The maximum atomic E-state index is 12.6. The van der Waals surface area contributed by atoms with Crippen molar-refractivity contribution in [1.82, 2.24) is 9.78 Å². The summed E-state index contributed by atoms with van der Waals surface area (Å²) in [6.07, 6.45) is -2.16. The first-order chi connectivity index (χ1) is 9.36. The van der Waals surface area contributed by atoms with Crippen molar-refractivity contribution in [3.63, 3.8) is 0 Å². The second-order valence-electron chi connectivity index (χ2n) is 4.42. The maximum absolute atomic E-state index is 12.6. The molecular formula is C13H14F3N3O. The molecule has 0 aliphatic carbocycles. The smallest absolute Gasteiger partial charge is 0.387 e. The Morgan fingerprint density at radius 3 is 2.75 bits per heavy atom. The van der Waals surface area contributed by atoms with Crippen LogP contribution in [-0.4, -0.2) is 21.4 Å². The number of halogens is 3. The quantitative estimate of drug-likeness (QED) is 0.907. The van der Waals surface area contributed by atoms with Crippen molar-refractivity contribution in [2.75, 3.05) is 11.9 Å². The average Bonchev–Trinajstić information content (AvgIpc) is 2.81. The van der Waals surface area contributed by atoms with E-state index in [-0.39, 0.29) is 12.1 Å². The van der Waals surface area contributed by atoms with Gasteiger partial charge in [-0.25, -0.2) is 0 Å². The van der Waals surface area contributed by atoms with Gasteiger partial charge >= 0.3 is 6.18 Å². The van der Waals surface area contributed by atoms with Crippen molar-refractivity contribution in [3.05, 3.63) is 47.8 Å². The minimum absolute atomic E-state index is 0.104. The summed E-state index contributed by atoms with van der Waals surface area (Å²) >= 11 is 0. The maximum Gasteiger partial charge on any atom is 0.416 e. The molecule has 2 rings (SSSR count). The van der Waals surface area contributed by atoms with Crippen LogP contribution in [0, 0.1) is 0 Å². The molecule has 0 fully saturated rings. The van der Waals surface area contributed by atoms with Crippen molar-refractivity contribution in [2.24, 2.45) is 7.05 Å². The van der Waals surface area contributed by atoms with Crippen LogP contribution in [0.25, 0.3) is 0 Å². The van der Waals surface area contributed by atoms with Gasteiger partial charge in [-0.2, -0.15) is 18.3 Å². The number of aryl methyl sites for hydroxylation is 1.